The van der Waals surface area contributed by atoms with Crippen LogP contribution in [-0.2, 0) is 11.3 Å². The summed E-state index contributed by atoms with van der Waals surface area (Å²) in [5.41, 5.74) is 1.65. The zero-order valence-corrected chi connectivity index (χ0v) is 11.6. The molecule has 108 valence electrons. The summed E-state index contributed by atoms with van der Waals surface area (Å²) in [6.07, 6.45) is 1.59. The maximum absolute atomic E-state index is 13.6. The molecule has 20 heavy (non-hydrogen) atoms. The molecule has 1 unspecified atom stereocenters. The molecule has 2 aliphatic rings. The Morgan fingerprint density at radius 1 is 1.45 bits per heavy atom. The third-order valence-electron chi connectivity index (χ3n) is 3.98. The molecule has 5 heteroatoms. The van der Waals surface area contributed by atoms with Crippen LogP contribution >= 0.6 is 0 Å². The Balaban J connectivity index is 2.00. The van der Waals surface area contributed by atoms with Crippen molar-refractivity contribution >= 4 is 11.8 Å². The first-order valence-corrected chi connectivity index (χ1v) is 7.16. The number of fused-ring (bicyclic) bond motifs is 3. The van der Waals surface area contributed by atoms with Crippen molar-refractivity contribution in [3.8, 4) is 0 Å². The maximum Gasteiger partial charge on any atom is 0.414 e. The fourth-order valence-electron chi connectivity index (χ4n) is 3.02. The number of benzene rings is 1. The standard InChI is InChI=1S/C15H19FN2O2/c1-2-6-17-7-5-13-10-20-15(19)18(13)14-8-12(16)4-3-11(14)9-17/h3-4,8,13H,2,5-7,9-10H2,1H3. The molecule has 0 spiro atoms. The summed E-state index contributed by atoms with van der Waals surface area (Å²) in [5.74, 6) is -0.315. The number of nitrogens with zero attached hydrogens (tertiary/aromatic N) is 2. The number of carbonyl (C=O) groups is 1. The van der Waals surface area contributed by atoms with E-state index in [1.54, 1.807) is 11.0 Å². The summed E-state index contributed by atoms with van der Waals surface area (Å²) >= 11 is 0. The highest BCUT2D eigenvalue weighted by molar-refractivity contribution is 5.91. The van der Waals surface area contributed by atoms with Crippen molar-refractivity contribution in [1.29, 1.82) is 0 Å². The number of anilines is 1. The third-order valence-corrected chi connectivity index (χ3v) is 3.98. The van der Waals surface area contributed by atoms with Crippen LogP contribution in [0.25, 0.3) is 0 Å². The molecule has 1 aromatic carbocycles. The average molecular weight is 278 g/mol. The predicted molar refractivity (Wildman–Crippen MR) is 74.2 cm³/mol. The highest BCUT2D eigenvalue weighted by atomic mass is 19.1. The summed E-state index contributed by atoms with van der Waals surface area (Å²) in [7, 11) is 0. The smallest absolute Gasteiger partial charge is 0.414 e. The van der Waals surface area contributed by atoms with Crippen molar-refractivity contribution < 1.29 is 13.9 Å². The number of halogens is 1. The number of ether oxygens (including phenoxy) is 1. The molecule has 0 saturated carbocycles. The molecule has 0 radical (unpaired) electrons. The highest BCUT2D eigenvalue weighted by Crippen LogP contribution is 2.32. The summed E-state index contributed by atoms with van der Waals surface area (Å²) in [5, 5.41) is 0. The van der Waals surface area contributed by atoms with E-state index < -0.39 is 0 Å². The molecule has 0 aromatic heterocycles. The molecule has 0 N–H and O–H groups in total. The van der Waals surface area contributed by atoms with E-state index >= 15 is 0 Å². The number of rotatable bonds is 2. The normalized spacial score (nSPS) is 22.8. The monoisotopic (exact) mass is 278 g/mol. The van der Waals surface area contributed by atoms with Gasteiger partial charge >= 0.3 is 6.09 Å². The first-order chi connectivity index (χ1) is 9.69. The third kappa shape index (κ3) is 2.38. The van der Waals surface area contributed by atoms with Gasteiger partial charge in [-0.2, -0.15) is 0 Å². The minimum atomic E-state index is -0.356. The summed E-state index contributed by atoms with van der Waals surface area (Å²) < 4.78 is 18.7. The molecule has 1 atom stereocenters. The molecule has 1 fully saturated rings. The maximum atomic E-state index is 13.6. The van der Waals surface area contributed by atoms with Gasteiger partial charge in [-0.15, -0.1) is 0 Å². The van der Waals surface area contributed by atoms with Crippen LogP contribution in [0.4, 0.5) is 14.9 Å². The lowest BCUT2D eigenvalue weighted by Crippen LogP contribution is -2.40. The van der Waals surface area contributed by atoms with Gasteiger partial charge in [0.1, 0.15) is 12.4 Å². The lowest BCUT2D eigenvalue weighted by Gasteiger charge is -2.32. The van der Waals surface area contributed by atoms with Crippen molar-refractivity contribution in [2.24, 2.45) is 0 Å². The first kappa shape index (κ1) is 13.4. The predicted octanol–water partition coefficient (Wildman–Crippen LogP) is 2.77. The number of cyclic esters (lactones) is 1. The van der Waals surface area contributed by atoms with Crippen LogP contribution in [0.1, 0.15) is 25.3 Å². The van der Waals surface area contributed by atoms with Crippen molar-refractivity contribution in [1.82, 2.24) is 4.90 Å². The number of hydrogen-bond donors (Lipinski definition) is 0. The molecule has 2 heterocycles. The fraction of sp³-hybridized carbons (Fsp3) is 0.533. The van der Waals surface area contributed by atoms with E-state index in [1.807, 2.05) is 0 Å². The summed E-state index contributed by atoms with van der Waals surface area (Å²) in [6, 6.07) is 4.70. The van der Waals surface area contributed by atoms with Crippen molar-refractivity contribution in [3.63, 3.8) is 0 Å². The van der Waals surface area contributed by atoms with Gasteiger partial charge in [0.05, 0.1) is 11.7 Å². The van der Waals surface area contributed by atoms with Gasteiger partial charge in [0.15, 0.2) is 0 Å². The Kier molecular flexibility index (Phi) is 3.61. The van der Waals surface area contributed by atoms with Crippen LogP contribution in [0.5, 0.6) is 0 Å². The second-order valence-corrected chi connectivity index (χ2v) is 5.44. The van der Waals surface area contributed by atoms with Crippen LogP contribution in [0.3, 0.4) is 0 Å². The van der Waals surface area contributed by atoms with Crippen molar-refractivity contribution in [2.45, 2.75) is 32.4 Å². The van der Waals surface area contributed by atoms with Crippen molar-refractivity contribution in [3.05, 3.63) is 29.6 Å². The summed E-state index contributed by atoms with van der Waals surface area (Å²) in [6.45, 7) is 5.24. The molecule has 4 nitrogen and oxygen atoms in total. The molecule has 0 bridgehead atoms. The number of amides is 1. The second-order valence-electron chi connectivity index (χ2n) is 5.44. The average Bonchev–Trinajstić information content (AvgIpc) is 2.77. The van der Waals surface area contributed by atoms with Gasteiger partial charge in [-0.3, -0.25) is 9.80 Å². The van der Waals surface area contributed by atoms with Gasteiger partial charge in [-0.1, -0.05) is 13.0 Å². The van der Waals surface area contributed by atoms with Gasteiger partial charge in [-0.05, 0) is 37.1 Å². The Morgan fingerprint density at radius 3 is 3.10 bits per heavy atom. The summed E-state index contributed by atoms with van der Waals surface area (Å²) in [4.78, 5) is 15.9. The molecule has 1 aromatic rings. The van der Waals surface area contributed by atoms with E-state index in [0.29, 0.717) is 12.3 Å². The highest BCUT2D eigenvalue weighted by Gasteiger charge is 2.37. The van der Waals surface area contributed by atoms with E-state index in [2.05, 4.69) is 11.8 Å². The van der Waals surface area contributed by atoms with Crippen LogP contribution in [0.2, 0.25) is 0 Å². The fourth-order valence-corrected chi connectivity index (χ4v) is 3.02. The van der Waals surface area contributed by atoms with E-state index in [9.17, 15) is 9.18 Å². The van der Waals surface area contributed by atoms with Gasteiger partial charge in [0.2, 0.25) is 0 Å². The molecule has 1 amide bonds. The van der Waals surface area contributed by atoms with Crippen LogP contribution in [-0.4, -0.2) is 36.7 Å². The molecule has 0 aliphatic carbocycles. The molecular formula is C15H19FN2O2. The van der Waals surface area contributed by atoms with Gasteiger partial charge in [0, 0.05) is 13.1 Å². The number of hydrogen-bond acceptors (Lipinski definition) is 3. The van der Waals surface area contributed by atoms with Crippen molar-refractivity contribution in [2.75, 3.05) is 24.6 Å². The Bertz CT molecular complexity index is 521. The Hall–Kier alpha value is -1.62. The minimum absolute atomic E-state index is 0.0164. The van der Waals surface area contributed by atoms with Gasteiger partial charge < -0.3 is 4.74 Å². The second kappa shape index (κ2) is 5.40. The van der Waals surface area contributed by atoms with Gasteiger partial charge in [-0.25, -0.2) is 9.18 Å². The molecular weight excluding hydrogens is 259 g/mol. The number of carbonyl (C=O) groups excluding carboxylic acids is 1. The lowest BCUT2D eigenvalue weighted by molar-refractivity contribution is 0.177. The van der Waals surface area contributed by atoms with Crippen LogP contribution in [0, 0.1) is 5.82 Å². The molecule has 2 aliphatic heterocycles. The van der Waals surface area contributed by atoms with E-state index in [0.717, 1.165) is 38.0 Å². The minimum Gasteiger partial charge on any atom is -0.447 e. The zero-order chi connectivity index (χ0) is 14.1. The van der Waals surface area contributed by atoms with E-state index in [1.165, 1.54) is 12.1 Å². The zero-order valence-electron chi connectivity index (χ0n) is 11.6. The van der Waals surface area contributed by atoms with E-state index in [4.69, 9.17) is 4.74 Å². The van der Waals surface area contributed by atoms with Crippen LogP contribution in [0.15, 0.2) is 18.2 Å². The van der Waals surface area contributed by atoms with E-state index in [-0.39, 0.29) is 18.0 Å². The Morgan fingerprint density at radius 2 is 2.30 bits per heavy atom. The largest absolute Gasteiger partial charge is 0.447 e. The lowest BCUT2D eigenvalue weighted by atomic mass is 10.1. The quantitative estimate of drug-likeness (QED) is 0.834. The SMILES string of the molecule is CCCN1CCC2COC(=O)N2c2cc(F)ccc2C1. The topological polar surface area (TPSA) is 32.8 Å². The Labute approximate surface area is 118 Å². The first-order valence-electron chi connectivity index (χ1n) is 7.16. The van der Waals surface area contributed by atoms with Crippen LogP contribution < -0.4 is 4.90 Å². The molecule has 3 rings (SSSR count). The van der Waals surface area contributed by atoms with Gasteiger partial charge in [0.25, 0.3) is 0 Å². The molecule has 1 saturated heterocycles.